The van der Waals surface area contributed by atoms with Crippen LogP contribution >= 0.6 is 37.0 Å². The number of hydrogen-bond acceptors (Lipinski definition) is 26. The summed E-state index contributed by atoms with van der Waals surface area (Å²) in [5, 5.41) is 51.6. The van der Waals surface area contributed by atoms with Crippen LogP contribution in [0.25, 0.3) is 0 Å². The number of carbonyl (C=O) groups is 2. The molecule has 52 heavy (non-hydrogen) atoms. The van der Waals surface area contributed by atoms with Crippen LogP contribution in [0.5, 0.6) is 28.7 Å². The molecule has 0 unspecified atom stereocenters. The summed E-state index contributed by atoms with van der Waals surface area (Å²) in [6.07, 6.45) is -0.515. The molecule has 0 aliphatic carbocycles. The molecule has 0 spiro atoms. The van der Waals surface area contributed by atoms with Crippen molar-refractivity contribution < 1.29 is 283 Å². The number of amides is 1. The second kappa shape index (κ2) is 30.0. The summed E-state index contributed by atoms with van der Waals surface area (Å²) in [6.45, 7) is -0.609. The first-order valence-electron chi connectivity index (χ1n) is 10.7. The van der Waals surface area contributed by atoms with Gasteiger partial charge in [-0.2, -0.15) is 0 Å². The minimum Gasteiger partial charge on any atom is -0.716 e. The molecular weight excluding hydrogens is 884 g/mol. The predicted molar refractivity (Wildman–Crippen MR) is 127 cm³/mol. The van der Waals surface area contributed by atoms with Crippen LogP contribution in [0.2, 0.25) is 0 Å². The molecule has 0 fully saturated rings. The zero-order chi connectivity index (χ0) is 34.1. The first kappa shape index (κ1) is 61.6. The van der Waals surface area contributed by atoms with Crippen molar-refractivity contribution >= 4 is 69.6 Å². The monoisotopic (exact) mass is 893 g/mol. The summed E-state index contributed by atoms with van der Waals surface area (Å²) in [5.74, 6) is -7.62. The molecule has 2 aromatic rings. The molecule has 0 saturated heterocycles. The Bertz CT molecular complexity index is 1650. The minimum absolute atomic E-state index is 0. The van der Waals surface area contributed by atoms with Gasteiger partial charge >= 0.3 is 177 Å². The van der Waals surface area contributed by atoms with Crippen LogP contribution in [-0.2, 0) is 66.7 Å². The molecule has 0 N–H and O–H groups in total. The number of benzene rings is 2. The van der Waals surface area contributed by atoms with Crippen molar-refractivity contribution in [1.29, 1.82) is 0 Å². The minimum atomic E-state index is -5.78. The van der Waals surface area contributed by atoms with E-state index < -0.39 is 74.5 Å². The molecule has 1 aliphatic heterocycles. The van der Waals surface area contributed by atoms with Crippen molar-refractivity contribution in [2.75, 3.05) is 0 Å². The molecular formula is C17H9NNa6O23S5. The maximum Gasteiger partial charge on any atom is 1.00 e. The number of rotatable bonds is 18. The van der Waals surface area contributed by atoms with Gasteiger partial charge in [0.05, 0.1) is 12.0 Å². The van der Waals surface area contributed by atoms with Gasteiger partial charge in [-0.3, -0.25) is 19.9 Å². The van der Waals surface area contributed by atoms with Crippen LogP contribution in [0.15, 0.2) is 24.3 Å². The fourth-order valence-corrected chi connectivity index (χ4v) is 5.08. The zero-order valence-corrected chi connectivity index (χ0v) is 43.3. The number of aliphatic carboxylic acids is 1. The molecule has 24 nitrogen and oxygen atoms in total. The topological polar surface area (TPSA) is 346 Å². The first-order valence-corrected chi connectivity index (χ1v) is 15.4. The molecule has 0 aromatic heterocycles. The summed E-state index contributed by atoms with van der Waals surface area (Å²) in [5.41, 5.74) is -0.482. The van der Waals surface area contributed by atoms with Crippen molar-refractivity contribution in [3.63, 3.8) is 0 Å². The fourth-order valence-electron chi connectivity index (χ4n) is 3.62. The zero-order valence-electron chi connectivity index (χ0n) is 27.2. The summed E-state index contributed by atoms with van der Waals surface area (Å²) in [6, 6.07) is 1.44. The van der Waals surface area contributed by atoms with E-state index in [0.29, 0.717) is 17.0 Å². The van der Waals surface area contributed by atoms with Gasteiger partial charge in [0, 0.05) is 12.1 Å². The fraction of sp³-hybridized carbons (Fsp3) is 0.176. The number of carboxylic acids is 1. The predicted octanol–water partition coefficient (Wildman–Crippen LogP) is -21.8. The van der Waals surface area contributed by atoms with Crippen molar-refractivity contribution in [2.45, 2.75) is 19.0 Å². The number of nitrogens with zero attached hydrogens (tertiary/aromatic N) is 1. The van der Waals surface area contributed by atoms with Gasteiger partial charge in [0.15, 0.2) is 23.0 Å². The number of carboxylic acid groups (broad SMARTS) is 1. The van der Waals surface area contributed by atoms with Gasteiger partial charge in [-0.1, -0.05) is 0 Å². The molecule has 256 valence electrons. The van der Waals surface area contributed by atoms with Crippen LogP contribution in [0.3, 0.4) is 0 Å². The van der Waals surface area contributed by atoms with E-state index in [9.17, 15) is 56.4 Å². The average Bonchev–Trinajstić information content (AvgIpc) is 2.96. The Hall–Kier alpha value is 2.89. The Balaban J connectivity index is -0.00000192. The normalized spacial score (nSPS) is 13.0. The van der Waals surface area contributed by atoms with E-state index in [4.69, 9.17) is 12.5 Å². The third-order valence-electron chi connectivity index (χ3n) is 5.11. The first-order chi connectivity index (χ1) is 21.7. The number of carbonyl (C=O) groups excluding carboxylic acids is 2. The van der Waals surface area contributed by atoms with Crippen LogP contribution in [0.4, 0.5) is 0 Å². The third-order valence-corrected chi connectivity index (χ3v) is 6.94. The van der Waals surface area contributed by atoms with E-state index >= 15 is 0 Å². The summed E-state index contributed by atoms with van der Waals surface area (Å²) in [7, 11) is -11.5. The van der Waals surface area contributed by atoms with Gasteiger partial charge in [0.25, 0.3) is 63.7 Å². The van der Waals surface area contributed by atoms with Crippen molar-refractivity contribution in [3.05, 3.63) is 41.0 Å². The molecule has 1 aliphatic rings. The number of hydrogen-bond donors (Lipinski definition) is 0. The van der Waals surface area contributed by atoms with Crippen LogP contribution in [0.1, 0.15) is 21.5 Å². The Morgan fingerprint density at radius 2 is 1.08 bits per heavy atom. The Kier molecular flexibility index (Phi) is 35.5. The van der Waals surface area contributed by atoms with E-state index in [-0.39, 0.29) is 237 Å². The summed E-state index contributed by atoms with van der Waals surface area (Å²) >= 11 is -0.409. The SMILES string of the molecule is O=C([O-])[C@@H]1Cc2cc(OSOO[O-])c(OSOO[O-])cc2CN1C(=O)c1cc(OSOO[O-])c(OS(=O)(=O)[O-])c(OS(=O)(=O)[O-])c1.[Na+].[Na+].[Na+].[Na+].[Na+].[Na+]. The molecule has 0 radical (unpaired) electrons. The second-order valence-corrected chi connectivity index (χ2v) is 11.0. The second-order valence-electron chi connectivity index (χ2n) is 7.69. The van der Waals surface area contributed by atoms with Crippen molar-refractivity contribution in [1.82, 2.24) is 4.90 Å². The molecule has 35 heteroatoms. The van der Waals surface area contributed by atoms with Gasteiger partial charge in [-0.15, -0.1) is 13.0 Å². The number of fused-ring (bicyclic) bond motifs is 1. The smallest absolute Gasteiger partial charge is 0.716 e. The molecule has 0 saturated carbocycles. The van der Waals surface area contributed by atoms with Crippen LogP contribution in [-0.4, -0.2) is 48.8 Å². The van der Waals surface area contributed by atoms with E-state index in [1.54, 1.807) is 0 Å². The van der Waals surface area contributed by atoms with Crippen molar-refractivity contribution in [2.24, 2.45) is 0 Å². The van der Waals surface area contributed by atoms with Crippen LogP contribution in [0, 0.1) is 0 Å². The van der Waals surface area contributed by atoms with E-state index in [0.717, 1.165) is 6.07 Å². The standard InChI is InChI=1S/C17H15NO23S5.6Na/c19-16(8-3-13(33-44-41-38-24)15(35-46(28,29)30)14(4-8)34-45(25,26)27)18-6-9-5-12(32-43-40-37-23)11(31-42-39-36-22)2-7(9)1-10(18)17(20)21;;;;;;/h2-5,10,22-24H,1,6H2,(H,20,21)(H,25,26,27)(H,28,29,30);;;;;;/q;6*+1/p-6/t10-;;;;;;/m0....../s1. The largest absolute Gasteiger partial charge is 1.00 e. The molecule has 2 aromatic carbocycles. The van der Waals surface area contributed by atoms with E-state index in [2.05, 4.69) is 36.5 Å². The molecule has 1 amide bonds. The summed E-state index contributed by atoms with van der Waals surface area (Å²) < 4.78 is 103. The van der Waals surface area contributed by atoms with Gasteiger partial charge in [0.2, 0.25) is 5.75 Å². The van der Waals surface area contributed by atoms with Crippen LogP contribution < -0.4 is 219 Å². The maximum absolute atomic E-state index is 13.6. The van der Waals surface area contributed by atoms with E-state index in [1.807, 2.05) is 0 Å². The molecule has 3 rings (SSSR count). The molecule has 1 heterocycles. The van der Waals surface area contributed by atoms with Gasteiger partial charge in [-0.05, 0) is 41.8 Å². The van der Waals surface area contributed by atoms with Gasteiger partial charge < -0.3 is 60.6 Å². The quantitative estimate of drug-likeness (QED) is 0.0255. The maximum atomic E-state index is 13.6. The Morgan fingerprint density at radius 1 is 0.654 bits per heavy atom. The Labute approximate surface area is 438 Å². The van der Waals surface area contributed by atoms with Gasteiger partial charge in [-0.25, -0.2) is 16.8 Å². The Morgan fingerprint density at radius 3 is 1.50 bits per heavy atom. The van der Waals surface area contributed by atoms with Crippen molar-refractivity contribution in [3.8, 4) is 28.7 Å². The summed E-state index contributed by atoms with van der Waals surface area (Å²) in [4.78, 5) is 26.4. The molecule has 1 atom stereocenters. The average molecular weight is 894 g/mol. The van der Waals surface area contributed by atoms with E-state index in [1.165, 1.54) is 6.07 Å². The van der Waals surface area contributed by atoms with Gasteiger partial charge in [0.1, 0.15) is 0 Å². The molecule has 0 bridgehead atoms. The third kappa shape index (κ3) is 20.2.